The summed E-state index contributed by atoms with van der Waals surface area (Å²) >= 11 is 0. The van der Waals surface area contributed by atoms with E-state index in [1.54, 1.807) is 22.9 Å². The van der Waals surface area contributed by atoms with Gasteiger partial charge in [0.25, 0.3) is 5.65 Å². The number of para-hydroxylation sites is 1. The van der Waals surface area contributed by atoms with E-state index in [2.05, 4.69) is 0 Å². The molecule has 4 heteroatoms. The third-order valence-corrected chi connectivity index (χ3v) is 3.54. The smallest absolute Gasteiger partial charge is 0.345 e. The summed E-state index contributed by atoms with van der Waals surface area (Å²) in [6.07, 6.45) is 1.70. The highest BCUT2D eigenvalue weighted by atomic mass is 16.3. The second kappa shape index (κ2) is 5.05. The van der Waals surface area contributed by atoms with Crippen molar-refractivity contribution in [2.45, 2.75) is 19.8 Å². The molecule has 0 fully saturated rings. The van der Waals surface area contributed by atoms with Gasteiger partial charge in [0, 0.05) is 6.07 Å². The minimum absolute atomic E-state index is 0.128. The number of hydrogen-bond donors (Lipinski definition) is 0. The van der Waals surface area contributed by atoms with Crippen molar-refractivity contribution in [1.29, 1.82) is 0 Å². The van der Waals surface area contributed by atoms with Crippen molar-refractivity contribution in [3.05, 3.63) is 70.6 Å². The summed E-state index contributed by atoms with van der Waals surface area (Å²) in [5.74, 6) is -0.366. The van der Waals surface area contributed by atoms with Crippen LogP contribution in [0.15, 0.2) is 59.5 Å². The van der Waals surface area contributed by atoms with Crippen LogP contribution in [-0.2, 0) is 0 Å². The van der Waals surface area contributed by atoms with Crippen molar-refractivity contribution in [3.8, 4) is 11.6 Å². The number of aromatic nitrogens is 2. The van der Waals surface area contributed by atoms with Crippen molar-refractivity contribution >= 4 is 5.65 Å². The lowest BCUT2D eigenvalue weighted by Gasteiger charge is -2.16. The van der Waals surface area contributed by atoms with Gasteiger partial charge in [-0.2, -0.15) is 4.57 Å². The Morgan fingerprint density at radius 3 is 2.38 bits per heavy atom. The third kappa shape index (κ3) is 2.09. The Bertz CT molecular complexity index is 852. The van der Waals surface area contributed by atoms with Crippen LogP contribution < -0.4 is 15.1 Å². The van der Waals surface area contributed by atoms with E-state index in [4.69, 9.17) is 0 Å². The number of pyridine rings is 1. The predicted octanol–water partition coefficient (Wildman–Crippen LogP) is 1.77. The molecule has 0 unspecified atom stereocenters. The van der Waals surface area contributed by atoms with Crippen molar-refractivity contribution in [1.82, 2.24) is 4.57 Å². The van der Waals surface area contributed by atoms with E-state index in [1.165, 1.54) is 4.40 Å². The zero-order valence-electron chi connectivity index (χ0n) is 12.0. The summed E-state index contributed by atoms with van der Waals surface area (Å²) < 4.78 is 3.13. The van der Waals surface area contributed by atoms with Crippen LogP contribution in [0.2, 0.25) is 0 Å². The van der Waals surface area contributed by atoms with E-state index in [0.29, 0.717) is 11.2 Å². The summed E-state index contributed by atoms with van der Waals surface area (Å²) in [7, 11) is 0. The molecule has 0 aliphatic rings. The van der Waals surface area contributed by atoms with Gasteiger partial charge < -0.3 is 5.11 Å². The van der Waals surface area contributed by atoms with Crippen LogP contribution in [0.3, 0.4) is 0 Å². The number of nitrogens with zero attached hydrogens (tertiary/aromatic N) is 2. The Morgan fingerprint density at radius 1 is 1.05 bits per heavy atom. The monoisotopic (exact) mass is 280 g/mol. The van der Waals surface area contributed by atoms with Gasteiger partial charge in [-0.1, -0.05) is 38.1 Å². The molecule has 2 aromatic heterocycles. The van der Waals surface area contributed by atoms with Crippen LogP contribution >= 0.6 is 0 Å². The van der Waals surface area contributed by atoms with E-state index in [9.17, 15) is 9.90 Å². The maximum Gasteiger partial charge on any atom is 0.345 e. The fourth-order valence-corrected chi connectivity index (χ4v) is 2.55. The van der Waals surface area contributed by atoms with E-state index in [0.717, 1.165) is 5.69 Å². The predicted molar refractivity (Wildman–Crippen MR) is 78.7 cm³/mol. The molecule has 0 aliphatic carbocycles. The van der Waals surface area contributed by atoms with Crippen LogP contribution in [0.4, 0.5) is 0 Å². The highest BCUT2D eigenvalue weighted by molar-refractivity contribution is 5.45. The van der Waals surface area contributed by atoms with Crippen LogP contribution in [0.1, 0.15) is 25.3 Å². The van der Waals surface area contributed by atoms with E-state index in [-0.39, 0.29) is 17.4 Å². The highest BCUT2D eigenvalue weighted by Crippen LogP contribution is 2.18. The topological polar surface area (TPSA) is 49.2 Å². The standard InChI is InChI=1S/C17H16N2O2/c1-12(2)15-16(20)18-11-7-6-10-14(18)19(17(15)21)13-8-4-3-5-9-13/h3-12H,1-2H3. The summed E-state index contributed by atoms with van der Waals surface area (Å²) in [5.41, 5.74) is 1.39. The Kier molecular flexibility index (Phi) is 3.22. The van der Waals surface area contributed by atoms with Gasteiger partial charge in [-0.25, -0.2) is 9.20 Å². The van der Waals surface area contributed by atoms with E-state index >= 15 is 0 Å². The quantitative estimate of drug-likeness (QED) is 0.672. The highest BCUT2D eigenvalue weighted by Gasteiger charge is 2.21. The molecule has 3 aromatic rings. The SMILES string of the molecule is CC(C)c1c([O-])[n+]2ccccc2n(-c2ccccc2)c1=O. The fraction of sp³-hybridized carbons (Fsp3) is 0.176. The lowest BCUT2D eigenvalue weighted by Crippen LogP contribution is -2.39. The van der Waals surface area contributed by atoms with Gasteiger partial charge in [-0.05, 0) is 24.1 Å². The second-order valence-electron chi connectivity index (χ2n) is 5.28. The average molecular weight is 280 g/mol. The van der Waals surface area contributed by atoms with Crippen LogP contribution in [0.25, 0.3) is 11.3 Å². The summed E-state index contributed by atoms with van der Waals surface area (Å²) in [6, 6.07) is 14.8. The summed E-state index contributed by atoms with van der Waals surface area (Å²) in [5, 5.41) is 12.5. The minimum atomic E-state index is -0.243. The molecule has 0 amide bonds. The van der Waals surface area contributed by atoms with Gasteiger partial charge in [0.1, 0.15) is 5.69 Å². The van der Waals surface area contributed by atoms with Gasteiger partial charge in [0.15, 0.2) is 0 Å². The lowest BCUT2D eigenvalue weighted by molar-refractivity contribution is -0.588. The molecular formula is C17H16N2O2. The molecule has 21 heavy (non-hydrogen) atoms. The molecule has 0 atom stereocenters. The van der Waals surface area contributed by atoms with Crippen molar-refractivity contribution in [3.63, 3.8) is 0 Å². The van der Waals surface area contributed by atoms with Gasteiger partial charge in [-0.15, -0.1) is 0 Å². The molecule has 1 aromatic carbocycles. The number of fused-ring (bicyclic) bond motifs is 1. The normalized spacial score (nSPS) is 11.2. The first-order valence-electron chi connectivity index (χ1n) is 6.93. The Morgan fingerprint density at radius 2 is 1.71 bits per heavy atom. The Hall–Kier alpha value is -2.62. The molecule has 3 rings (SSSR count). The number of rotatable bonds is 2. The molecule has 4 nitrogen and oxygen atoms in total. The molecule has 0 saturated heterocycles. The molecule has 0 aliphatic heterocycles. The maximum atomic E-state index is 12.8. The van der Waals surface area contributed by atoms with Gasteiger partial charge >= 0.3 is 5.56 Å². The van der Waals surface area contributed by atoms with Crippen molar-refractivity contribution < 1.29 is 9.51 Å². The molecule has 0 N–H and O–H groups in total. The second-order valence-corrected chi connectivity index (χ2v) is 5.28. The molecule has 0 bridgehead atoms. The molecule has 2 heterocycles. The fourth-order valence-electron chi connectivity index (χ4n) is 2.55. The zero-order chi connectivity index (χ0) is 15.0. The molecule has 0 spiro atoms. The molecule has 0 saturated carbocycles. The zero-order valence-corrected chi connectivity index (χ0v) is 12.0. The average Bonchev–Trinajstić information content (AvgIpc) is 2.48. The van der Waals surface area contributed by atoms with E-state index < -0.39 is 0 Å². The number of hydrogen-bond acceptors (Lipinski definition) is 2. The first-order valence-corrected chi connectivity index (χ1v) is 6.93. The van der Waals surface area contributed by atoms with Crippen LogP contribution in [-0.4, -0.2) is 4.57 Å². The lowest BCUT2D eigenvalue weighted by atomic mass is 10.1. The molecular weight excluding hydrogens is 264 g/mol. The van der Waals surface area contributed by atoms with Crippen molar-refractivity contribution in [2.75, 3.05) is 0 Å². The van der Waals surface area contributed by atoms with Gasteiger partial charge in [-0.3, -0.25) is 0 Å². The largest absolute Gasteiger partial charge is 0.842 e. The maximum absolute atomic E-state index is 12.8. The van der Waals surface area contributed by atoms with Gasteiger partial charge in [0.2, 0.25) is 0 Å². The third-order valence-electron chi connectivity index (χ3n) is 3.54. The van der Waals surface area contributed by atoms with Crippen LogP contribution in [0.5, 0.6) is 5.88 Å². The first kappa shape index (κ1) is 13.4. The summed E-state index contributed by atoms with van der Waals surface area (Å²) in [6.45, 7) is 3.73. The van der Waals surface area contributed by atoms with Crippen LogP contribution in [0, 0.1) is 0 Å². The molecule has 106 valence electrons. The Balaban J connectivity index is 2.52. The van der Waals surface area contributed by atoms with E-state index in [1.807, 2.05) is 50.2 Å². The Labute approximate surface area is 122 Å². The minimum Gasteiger partial charge on any atom is -0.842 e. The number of benzene rings is 1. The van der Waals surface area contributed by atoms with Crippen molar-refractivity contribution in [2.24, 2.45) is 0 Å². The summed E-state index contributed by atoms with van der Waals surface area (Å²) in [4.78, 5) is 12.8. The first-order chi connectivity index (χ1) is 10.1. The van der Waals surface area contributed by atoms with Gasteiger partial charge in [0.05, 0.1) is 17.6 Å². The molecule has 0 radical (unpaired) electrons.